The van der Waals surface area contributed by atoms with Crippen molar-refractivity contribution in [3.8, 4) is 0 Å². The van der Waals surface area contributed by atoms with Crippen LogP contribution in [-0.2, 0) is 11.3 Å². The quantitative estimate of drug-likeness (QED) is 0.877. The fraction of sp³-hybridized carbons (Fsp3) is 0.667. The molecule has 0 radical (unpaired) electrons. The zero-order valence-corrected chi connectivity index (χ0v) is 11.9. The van der Waals surface area contributed by atoms with Crippen molar-refractivity contribution in [2.75, 3.05) is 33.4 Å². The lowest BCUT2D eigenvalue weighted by Crippen LogP contribution is -2.42. The van der Waals surface area contributed by atoms with Crippen LogP contribution in [0.4, 0.5) is 0 Å². The Hall–Kier alpha value is -0.970. The molecule has 4 heteroatoms. The van der Waals surface area contributed by atoms with Crippen LogP contribution in [0.25, 0.3) is 0 Å². The largest absolute Gasteiger partial charge is 0.396 e. The van der Waals surface area contributed by atoms with Gasteiger partial charge in [0, 0.05) is 37.4 Å². The molecule has 2 heterocycles. The zero-order chi connectivity index (χ0) is 13.7. The van der Waals surface area contributed by atoms with E-state index in [1.807, 2.05) is 19.1 Å². The highest BCUT2D eigenvalue weighted by atomic mass is 16.5. The minimum atomic E-state index is -0.00315. The highest BCUT2D eigenvalue weighted by Gasteiger charge is 2.33. The van der Waals surface area contributed by atoms with Crippen molar-refractivity contribution in [1.82, 2.24) is 9.88 Å². The Morgan fingerprint density at radius 1 is 1.37 bits per heavy atom. The van der Waals surface area contributed by atoms with E-state index < -0.39 is 0 Å². The van der Waals surface area contributed by atoms with E-state index in [1.54, 1.807) is 0 Å². The maximum Gasteiger partial charge on any atom is 0.0547 e. The molecule has 1 aromatic rings. The van der Waals surface area contributed by atoms with Crippen molar-refractivity contribution in [2.45, 2.75) is 26.3 Å². The molecule has 0 spiro atoms. The van der Waals surface area contributed by atoms with Gasteiger partial charge < -0.3 is 9.84 Å². The molecule has 0 atom stereocenters. The Morgan fingerprint density at radius 3 is 2.74 bits per heavy atom. The van der Waals surface area contributed by atoms with Gasteiger partial charge in [0.2, 0.25) is 0 Å². The number of hydrogen-bond donors (Lipinski definition) is 1. The number of aryl methyl sites for hydroxylation is 1. The van der Waals surface area contributed by atoms with Gasteiger partial charge in [-0.25, -0.2) is 0 Å². The van der Waals surface area contributed by atoms with Gasteiger partial charge in [-0.05, 0) is 38.9 Å². The molecule has 0 aliphatic carbocycles. The third-order valence-corrected chi connectivity index (χ3v) is 3.87. The molecule has 0 saturated carbocycles. The van der Waals surface area contributed by atoms with E-state index in [1.165, 1.54) is 0 Å². The van der Waals surface area contributed by atoms with Crippen LogP contribution in [-0.4, -0.2) is 48.4 Å². The van der Waals surface area contributed by atoms with Crippen LogP contribution < -0.4 is 0 Å². The van der Waals surface area contributed by atoms with Crippen molar-refractivity contribution in [1.29, 1.82) is 0 Å². The third kappa shape index (κ3) is 4.00. The van der Waals surface area contributed by atoms with Crippen molar-refractivity contribution < 1.29 is 9.84 Å². The predicted molar refractivity (Wildman–Crippen MR) is 74.9 cm³/mol. The fourth-order valence-corrected chi connectivity index (χ4v) is 2.76. The summed E-state index contributed by atoms with van der Waals surface area (Å²) < 4.78 is 5.40. The van der Waals surface area contributed by atoms with E-state index >= 15 is 0 Å². The summed E-state index contributed by atoms with van der Waals surface area (Å²) in [5.41, 5.74) is 2.13. The van der Waals surface area contributed by atoms with Gasteiger partial charge >= 0.3 is 0 Å². The van der Waals surface area contributed by atoms with Crippen LogP contribution in [0.5, 0.6) is 0 Å². The van der Waals surface area contributed by atoms with Gasteiger partial charge in [-0.15, -0.1) is 0 Å². The van der Waals surface area contributed by atoms with Gasteiger partial charge in [0.25, 0.3) is 0 Å². The first-order valence-electron chi connectivity index (χ1n) is 6.93. The second kappa shape index (κ2) is 6.46. The lowest BCUT2D eigenvalue weighted by Gasteiger charge is -2.38. The first-order chi connectivity index (χ1) is 9.13. The van der Waals surface area contributed by atoms with Gasteiger partial charge in [0.05, 0.1) is 12.3 Å². The van der Waals surface area contributed by atoms with E-state index in [-0.39, 0.29) is 12.0 Å². The molecule has 0 unspecified atom stereocenters. The van der Waals surface area contributed by atoms with E-state index in [0.29, 0.717) is 0 Å². The van der Waals surface area contributed by atoms with Gasteiger partial charge in [-0.3, -0.25) is 9.88 Å². The summed E-state index contributed by atoms with van der Waals surface area (Å²) in [6.07, 6.45) is 1.88. The Labute approximate surface area is 115 Å². The summed E-state index contributed by atoms with van der Waals surface area (Å²) >= 11 is 0. The number of hydrogen-bond acceptors (Lipinski definition) is 4. The molecular weight excluding hydrogens is 240 g/mol. The number of aromatic nitrogens is 1. The van der Waals surface area contributed by atoms with Crippen LogP contribution in [0.15, 0.2) is 18.2 Å². The van der Waals surface area contributed by atoms with Crippen molar-refractivity contribution >= 4 is 0 Å². The average molecular weight is 264 g/mol. The molecule has 1 fully saturated rings. The summed E-state index contributed by atoms with van der Waals surface area (Å²) in [5.74, 6) is 0. The number of aliphatic hydroxyl groups is 1. The highest BCUT2D eigenvalue weighted by Crippen LogP contribution is 2.30. The summed E-state index contributed by atoms with van der Waals surface area (Å²) in [6.45, 7) is 5.49. The average Bonchev–Trinajstić information content (AvgIpc) is 2.39. The maximum atomic E-state index is 9.70. The molecule has 1 aliphatic heterocycles. The summed E-state index contributed by atoms with van der Waals surface area (Å²) in [7, 11) is 2.09. The van der Waals surface area contributed by atoms with Crippen LogP contribution in [0.2, 0.25) is 0 Å². The Bertz CT molecular complexity index is 403. The summed E-state index contributed by atoms with van der Waals surface area (Å²) in [4.78, 5) is 6.78. The lowest BCUT2D eigenvalue weighted by molar-refractivity contribution is -0.0319. The van der Waals surface area contributed by atoms with E-state index in [9.17, 15) is 5.11 Å². The highest BCUT2D eigenvalue weighted by molar-refractivity contribution is 5.09. The number of nitrogens with zero attached hydrogens (tertiary/aromatic N) is 2. The van der Waals surface area contributed by atoms with E-state index in [4.69, 9.17) is 4.74 Å². The predicted octanol–water partition coefficient (Wildman–Crippen LogP) is 1.61. The SMILES string of the molecule is Cc1cccc(CN(C)CC2(CO)CCOCC2)n1. The molecule has 0 amide bonds. The van der Waals surface area contributed by atoms with Gasteiger partial charge in [-0.2, -0.15) is 0 Å². The fourth-order valence-electron chi connectivity index (χ4n) is 2.76. The molecule has 1 saturated heterocycles. The minimum Gasteiger partial charge on any atom is -0.396 e. The summed E-state index contributed by atoms with van der Waals surface area (Å²) in [5, 5.41) is 9.70. The maximum absolute atomic E-state index is 9.70. The van der Waals surface area contributed by atoms with Gasteiger partial charge in [0.1, 0.15) is 0 Å². The number of aliphatic hydroxyl groups excluding tert-OH is 1. The van der Waals surface area contributed by atoms with Crippen LogP contribution in [0, 0.1) is 12.3 Å². The lowest BCUT2D eigenvalue weighted by atomic mass is 9.80. The smallest absolute Gasteiger partial charge is 0.0547 e. The standard InChI is InChI=1S/C15H24N2O2/c1-13-4-3-5-14(16-13)10-17(2)11-15(12-18)6-8-19-9-7-15/h3-5,18H,6-12H2,1-2H3. The molecule has 1 N–H and O–H groups in total. The Balaban J connectivity index is 1.94. The number of rotatable bonds is 5. The van der Waals surface area contributed by atoms with E-state index in [0.717, 1.165) is 50.5 Å². The summed E-state index contributed by atoms with van der Waals surface area (Å²) in [6, 6.07) is 6.11. The topological polar surface area (TPSA) is 45.6 Å². The molecule has 1 aliphatic rings. The van der Waals surface area contributed by atoms with Crippen molar-refractivity contribution in [3.63, 3.8) is 0 Å². The van der Waals surface area contributed by atoms with E-state index in [2.05, 4.69) is 23.0 Å². The molecule has 4 nitrogen and oxygen atoms in total. The Kier molecular flexibility index (Phi) is 4.91. The molecule has 19 heavy (non-hydrogen) atoms. The molecule has 2 rings (SSSR count). The molecular formula is C15H24N2O2. The van der Waals surface area contributed by atoms with Gasteiger partial charge in [0.15, 0.2) is 0 Å². The third-order valence-electron chi connectivity index (χ3n) is 3.87. The molecule has 0 bridgehead atoms. The van der Waals surface area contributed by atoms with Crippen LogP contribution in [0.3, 0.4) is 0 Å². The first kappa shape index (κ1) is 14.4. The van der Waals surface area contributed by atoms with Crippen molar-refractivity contribution in [3.05, 3.63) is 29.6 Å². The zero-order valence-electron chi connectivity index (χ0n) is 11.9. The van der Waals surface area contributed by atoms with Crippen LogP contribution in [0.1, 0.15) is 24.2 Å². The van der Waals surface area contributed by atoms with Crippen molar-refractivity contribution in [2.24, 2.45) is 5.41 Å². The minimum absolute atomic E-state index is 0.00315. The number of pyridine rings is 1. The monoisotopic (exact) mass is 264 g/mol. The molecule has 106 valence electrons. The van der Waals surface area contributed by atoms with Crippen LogP contribution >= 0.6 is 0 Å². The number of ether oxygens (including phenoxy) is 1. The molecule has 1 aromatic heterocycles. The first-order valence-corrected chi connectivity index (χ1v) is 6.93. The second-order valence-electron chi connectivity index (χ2n) is 5.71. The normalized spacial score (nSPS) is 18.7. The van der Waals surface area contributed by atoms with Gasteiger partial charge in [-0.1, -0.05) is 6.07 Å². The second-order valence-corrected chi connectivity index (χ2v) is 5.71. The Morgan fingerprint density at radius 2 is 2.11 bits per heavy atom. The molecule has 0 aromatic carbocycles.